The molecule has 0 bridgehead atoms. The maximum absolute atomic E-state index is 12.4. The van der Waals surface area contributed by atoms with Crippen molar-refractivity contribution in [1.82, 2.24) is 4.90 Å². The Morgan fingerprint density at radius 3 is 2.61 bits per heavy atom. The molecule has 2 nitrogen and oxygen atoms in total. The van der Waals surface area contributed by atoms with Crippen LogP contribution in [0.3, 0.4) is 0 Å². The maximum atomic E-state index is 12.4. The van der Waals surface area contributed by atoms with Gasteiger partial charge in [0.25, 0.3) is 0 Å². The van der Waals surface area contributed by atoms with Gasteiger partial charge >= 0.3 is 0 Å². The second-order valence-corrected chi connectivity index (χ2v) is 7.03. The topological polar surface area (TPSA) is 20.3 Å². The van der Waals surface area contributed by atoms with E-state index < -0.39 is 0 Å². The summed E-state index contributed by atoms with van der Waals surface area (Å²) in [7, 11) is 1.93. The summed E-state index contributed by atoms with van der Waals surface area (Å²) in [5.74, 6) is 0.599. The van der Waals surface area contributed by atoms with Crippen LogP contribution in [0.15, 0.2) is 15.9 Å². The molecule has 0 radical (unpaired) electrons. The van der Waals surface area contributed by atoms with Crippen LogP contribution in [-0.2, 0) is 11.3 Å². The van der Waals surface area contributed by atoms with Gasteiger partial charge in [0, 0.05) is 27.7 Å². The molecule has 0 saturated heterocycles. The molecule has 18 heavy (non-hydrogen) atoms. The Kier molecular flexibility index (Phi) is 5.25. The molecule has 1 aromatic heterocycles. The van der Waals surface area contributed by atoms with Crippen molar-refractivity contribution in [3.05, 3.63) is 20.8 Å². The van der Waals surface area contributed by atoms with Crippen molar-refractivity contribution in [2.75, 3.05) is 7.05 Å². The zero-order chi connectivity index (χ0) is 13.0. The Morgan fingerprint density at radius 1 is 1.39 bits per heavy atom. The Morgan fingerprint density at radius 2 is 2.06 bits per heavy atom. The van der Waals surface area contributed by atoms with E-state index in [2.05, 4.69) is 27.4 Å². The van der Waals surface area contributed by atoms with Crippen LogP contribution >= 0.6 is 27.3 Å². The molecule has 100 valence electrons. The third-order valence-corrected chi connectivity index (χ3v) is 5.28. The molecule has 0 N–H and O–H groups in total. The summed E-state index contributed by atoms with van der Waals surface area (Å²) in [6, 6.07) is 2.10. The Bertz CT molecular complexity index is 396. The highest BCUT2D eigenvalue weighted by Crippen LogP contribution is 2.26. The Balaban J connectivity index is 1.91. The summed E-state index contributed by atoms with van der Waals surface area (Å²) in [4.78, 5) is 15.5. The van der Waals surface area contributed by atoms with Crippen LogP contribution in [0.4, 0.5) is 0 Å². The molecular formula is C14H20BrNOS. The molecule has 1 heterocycles. The highest BCUT2D eigenvalue weighted by atomic mass is 79.9. The van der Waals surface area contributed by atoms with Gasteiger partial charge in [-0.2, -0.15) is 0 Å². The first-order valence-electron chi connectivity index (χ1n) is 6.64. The number of hydrogen-bond acceptors (Lipinski definition) is 2. The number of thiophene rings is 1. The lowest BCUT2D eigenvalue weighted by atomic mass is 9.99. The minimum atomic E-state index is 0.265. The fourth-order valence-electron chi connectivity index (χ4n) is 2.59. The predicted molar refractivity (Wildman–Crippen MR) is 79.7 cm³/mol. The fourth-order valence-corrected chi connectivity index (χ4v) is 4.09. The van der Waals surface area contributed by atoms with Crippen LogP contribution in [0.25, 0.3) is 0 Å². The monoisotopic (exact) mass is 329 g/mol. The van der Waals surface area contributed by atoms with Crippen molar-refractivity contribution < 1.29 is 4.79 Å². The van der Waals surface area contributed by atoms with E-state index in [9.17, 15) is 4.79 Å². The average Bonchev–Trinajstić information content (AvgIpc) is 2.62. The number of hydrogen-bond donors (Lipinski definition) is 0. The first-order valence-corrected chi connectivity index (χ1v) is 8.32. The normalized spacial score (nSPS) is 17.4. The molecule has 0 spiro atoms. The van der Waals surface area contributed by atoms with E-state index in [1.807, 2.05) is 11.9 Å². The third-order valence-electron chi connectivity index (χ3n) is 3.60. The van der Waals surface area contributed by atoms with Gasteiger partial charge in [-0.25, -0.2) is 0 Å². The molecule has 4 heteroatoms. The summed E-state index contributed by atoms with van der Waals surface area (Å²) in [6.07, 6.45) is 7.19. The maximum Gasteiger partial charge on any atom is 0.225 e. The van der Waals surface area contributed by atoms with Crippen LogP contribution in [0.1, 0.15) is 43.4 Å². The largest absolute Gasteiger partial charge is 0.340 e. The SMILES string of the molecule is CN(Cc1cc(Br)cs1)C(=O)C1CCCCCC1. The molecule has 0 unspecified atom stereocenters. The standard InChI is InChI=1S/C14H20BrNOS/c1-16(9-13-8-12(15)10-18-13)14(17)11-6-4-2-3-5-7-11/h8,10-11H,2-7,9H2,1H3. The third kappa shape index (κ3) is 3.82. The van der Waals surface area contributed by atoms with Gasteiger partial charge < -0.3 is 4.90 Å². The van der Waals surface area contributed by atoms with Crippen molar-refractivity contribution in [2.24, 2.45) is 5.92 Å². The minimum Gasteiger partial charge on any atom is -0.340 e. The second kappa shape index (κ2) is 6.71. The average molecular weight is 330 g/mol. The van der Waals surface area contributed by atoms with E-state index in [-0.39, 0.29) is 5.92 Å². The van der Waals surface area contributed by atoms with Crippen molar-refractivity contribution in [2.45, 2.75) is 45.1 Å². The highest BCUT2D eigenvalue weighted by molar-refractivity contribution is 9.10. The molecular weight excluding hydrogens is 310 g/mol. The van der Waals surface area contributed by atoms with Gasteiger partial charge in [0.1, 0.15) is 0 Å². The smallest absolute Gasteiger partial charge is 0.225 e. The van der Waals surface area contributed by atoms with Gasteiger partial charge in [0.15, 0.2) is 0 Å². The molecule has 1 aliphatic rings. The lowest BCUT2D eigenvalue weighted by Gasteiger charge is -2.22. The van der Waals surface area contributed by atoms with Gasteiger partial charge in [-0.05, 0) is 34.8 Å². The van der Waals surface area contributed by atoms with Gasteiger partial charge in [-0.15, -0.1) is 11.3 Å². The van der Waals surface area contributed by atoms with Crippen molar-refractivity contribution in [1.29, 1.82) is 0 Å². The summed E-state index contributed by atoms with van der Waals surface area (Å²) >= 11 is 5.16. The van der Waals surface area contributed by atoms with E-state index in [1.54, 1.807) is 11.3 Å². The van der Waals surface area contributed by atoms with E-state index in [4.69, 9.17) is 0 Å². The van der Waals surface area contributed by atoms with E-state index in [0.717, 1.165) is 23.9 Å². The minimum absolute atomic E-state index is 0.265. The summed E-state index contributed by atoms with van der Waals surface area (Å²) in [5.41, 5.74) is 0. The van der Waals surface area contributed by atoms with E-state index in [1.165, 1.54) is 30.6 Å². The quantitative estimate of drug-likeness (QED) is 0.750. The molecule has 0 atom stereocenters. The number of nitrogens with zero attached hydrogens (tertiary/aromatic N) is 1. The van der Waals surface area contributed by atoms with Crippen LogP contribution in [0.2, 0.25) is 0 Å². The van der Waals surface area contributed by atoms with E-state index in [0.29, 0.717) is 5.91 Å². The predicted octanol–water partition coefficient (Wildman–Crippen LogP) is 4.44. The molecule has 1 amide bonds. The van der Waals surface area contributed by atoms with Crippen molar-refractivity contribution >= 4 is 33.2 Å². The number of rotatable bonds is 3. The van der Waals surface area contributed by atoms with Gasteiger partial charge in [0.05, 0.1) is 6.54 Å². The van der Waals surface area contributed by atoms with Crippen molar-refractivity contribution in [3.8, 4) is 0 Å². The number of carbonyl (C=O) groups is 1. The molecule has 0 aliphatic heterocycles. The first kappa shape index (κ1) is 14.1. The first-order chi connectivity index (χ1) is 8.66. The van der Waals surface area contributed by atoms with Gasteiger partial charge in [0.2, 0.25) is 5.91 Å². The number of carbonyl (C=O) groups excluding carboxylic acids is 1. The van der Waals surface area contributed by atoms with Crippen molar-refractivity contribution in [3.63, 3.8) is 0 Å². The highest BCUT2D eigenvalue weighted by Gasteiger charge is 2.23. The number of amides is 1. The molecule has 1 saturated carbocycles. The van der Waals surface area contributed by atoms with Gasteiger partial charge in [-0.1, -0.05) is 25.7 Å². The Labute approximate surface area is 122 Å². The number of halogens is 1. The molecule has 1 fully saturated rings. The fraction of sp³-hybridized carbons (Fsp3) is 0.643. The van der Waals surface area contributed by atoms with Gasteiger partial charge in [-0.3, -0.25) is 4.79 Å². The summed E-state index contributed by atoms with van der Waals surface area (Å²) in [5, 5.41) is 2.07. The van der Waals surface area contributed by atoms with Crippen LogP contribution in [0, 0.1) is 5.92 Å². The molecule has 1 aliphatic carbocycles. The lowest BCUT2D eigenvalue weighted by molar-refractivity contribution is -0.135. The second-order valence-electron chi connectivity index (χ2n) is 5.11. The van der Waals surface area contributed by atoms with Crippen LogP contribution in [0.5, 0.6) is 0 Å². The zero-order valence-electron chi connectivity index (χ0n) is 10.8. The summed E-state index contributed by atoms with van der Waals surface area (Å²) < 4.78 is 1.11. The molecule has 2 rings (SSSR count). The van der Waals surface area contributed by atoms with Crippen LogP contribution in [-0.4, -0.2) is 17.9 Å². The zero-order valence-corrected chi connectivity index (χ0v) is 13.2. The Hall–Kier alpha value is -0.350. The summed E-state index contributed by atoms with van der Waals surface area (Å²) in [6.45, 7) is 0.742. The molecule has 1 aromatic rings. The molecule has 0 aromatic carbocycles. The lowest BCUT2D eigenvalue weighted by Crippen LogP contribution is -2.32. The van der Waals surface area contributed by atoms with E-state index >= 15 is 0 Å². The van der Waals surface area contributed by atoms with Crippen LogP contribution < -0.4 is 0 Å².